The van der Waals surface area contributed by atoms with Gasteiger partial charge >= 0.3 is 0 Å². The monoisotopic (exact) mass is 385 g/mol. The molecule has 0 bridgehead atoms. The van der Waals surface area contributed by atoms with Gasteiger partial charge in [-0.1, -0.05) is 121 Å². The minimum Gasteiger partial charge on any atom is -0.256 e. The molecule has 0 unspecified atom stereocenters. The molecule has 0 amide bonds. The fourth-order valence-electron chi connectivity index (χ4n) is 3.20. The molecule has 4 aromatic rings. The van der Waals surface area contributed by atoms with Gasteiger partial charge in [-0.25, -0.2) is 0 Å². The Morgan fingerprint density at radius 1 is 0.433 bits per heavy atom. The van der Waals surface area contributed by atoms with Crippen LogP contribution in [0.1, 0.15) is 33.5 Å². The third-order valence-electron chi connectivity index (χ3n) is 4.78. The van der Waals surface area contributed by atoms with Crippen LogP contribution < -0.4 is 0 Å². The van der Waals surface area contributed by atoms with E-state index in [9.17, 15) is 0 Å². The topological polar surface area (TPSA) is 12.9 Å². The lowest BCUT2D eigenvalue weighted by Crippen LogP contribution is -1.90. The lowest BCUT2D eigenvalue weighted by molar-refractivity contribution is 1.28. The molecule has 1 heteroatoms. The highest BCUT2D eigenvalue weighted by molar-refractivity contribution is 5.84. The predicted octanol–water partition coefficient (Wildman–Crippen LogP) is 7.59. The van der Waals surface area contributed by atoms with Crippen LogP contribution in [0.3, 0.4) is 0 Å². The van der Waals surface area contributed by atoms with E-state index in [4.69, 9.17) is 0 Å². The van der Waals surface area contributed by atoms with Crippen LogP contribution in [-0.2, 0) is 0 Å². The third kappa shape index (κ3) is 5.30. The van der Waals surface area contributed by atoms with E-state index in [1.165, 1.54) is 5.56 Å². The first-order chi connectivity index (χ1) is 14.9. The standard InChI is InChI=1S/C29H23N/c1-4-10-24(11-5-1)16-19-27-22-23-30-29(21-18-26-14-8-3-9-15-26)28(27)20-17-25-12-6-2-7-13-25/h1-23H/b19-16+,20-17+,21-18+. The third-order valence-corrected chi connectivity index (χ3v) is 4.78. The number of aromatic nitrogens is 1. The predicted molar refractivity (Wildman–Crippen MR) is 130 cm³/mol. The van der Waals surface area contributed by atoms with Gasteiger partial charge in [0.2, 0.25) is 0 Å². The SMILES string of the molecule is C(=C\c1ccnc(/C=C/c2ccccc2)c1/C=C/c1ccccc1)/c1ccccc1. The van der Waals surface area contributed by atoms with Gasteiger partial charge in [0.25, 0.3) is 0 Å². The van der Waals surface area contributed by atoms with Crippen LogP contribution in [0.5, 0.6) is 0 Å². The fourth-order valence-corrected chi connectivity index (χ4v) is 3.20. The van der Waals surface area contributed by atoms with Gasteiger partial charge in [-0.2, -0.15) is 0 Å². The second kappa shape index (κ2) is 9.99. The molecular weight excluding hydrogens is 362 g/mol. The van der Waals surface area contributed by atoms with Gasteiger partial charge in [-0.3, -0.25) is 4.98 Å². The maximum absolute atomic E-state index is 4.65. The quantitative estimate of drug-likeness (QED) is 0.333. The summed E-state index contributed by atoms with van der Waals surface area (Å²) in [6.45, 7) is 0. The van der Waals surface area contributed by atoms with Gasteiger partial charge in [0.1, 0.15) is 0 Å². The lowest BCUT2D eigenvalue weighted by Gasteiger charge is -2.06. The summed E-state index contributed by atoms with van der Waals surface area (Å²) in [5, 5.41) is 0. The second-order valence-electron chi connectivity index (χ2n) is 6.93. The van der Waals surface area contributed by atoms with Gasteiger partial charge in [-0.15, -0.1) is 0 Å². The molecule has 0 atom stereocenters. The fraction of sp³-hybridized carbons (Fsp3) is 0. The molecular formula is C29H23N. The minimum absolute atomic E-state index is 0.946. The molecule has 30 heavy (non-hydrogen) atoms. The van der Waals surface area contributed by atoms with E-state index in [1.54, 1.807) is 0 Å². The molecule has 0 aliphatic rings. The van der Waals surface area contributed by atoms with E-state index in [0.717, 1.165) is 27.9 Å². The summed E-state index contributed by atoms with van der Waals surface area (Å²) < 4.78 is 0. The zero-order chi connectivity index (χ0) is 20.4. The maximum atomic E-state index is 4.65. The molecule has 0 aliphatic heterocycles. The van der Waals surface area contributed by atoms with Crippen LogP contribution in [-0.4, -0.2) is 4.98 Å². The minimum atomic E-state index is 0.946. The van der Waals surface area contributed by atoms with E-state index in [1.807, 2.05) is 36.5 Å². The molecule has 0 aliphatic carbocycles. The first-order valence-electron chi connectivity index (χ1n) is 10.1. The zero-order valence-corrected chi connectivity index (χ0v) is 16.7. The molecule has 1 heterocycles. The first kappa shape index (κ1) is 19.4. The van der Waals surface area contributed by atoms with Crippen LogP contribution in [0.25, 0.3) is 36.5 Å². The van der Waals surface area contributed by atoms with E-state index >= 15 is 0 Å². The summed E-state index contributed by atoms with van der Waals surface area (Å²) in [5.74, 6) is 0. The summed E-state index contributed by atoms with van der Waals surface area (Å²) in [5.41, 5.74) is 6.67. The van der Waals surface area contributed by atoms with E-state index in [2.05, 4.69) is 108 Å². The average molecular weight is 386 g/mol. The summed E-state index contributed by atoms with van der Waals surface area (Å²) >= 11 is 0. The Morgan fingerprint density at radius 2 is 0.900 bits per heavy atom. The van der Waals surface area contributed by atoms with Crippen molar-refractivity contribution in [3.63, 3.8) is 0 Å². The van der Waals surface area contributed by atoms with Crippen molar-refractivity contribution >= 4 is 36.5 Å². The Labute approximate surface area is 178 Å². The molecule has 0 N–H and O–H groups in total. The molecule has 144 valence electrons. The Morgan fingerprint density at radius 3 is 1.43 bits per heavy atom. The Kier molecular flexibility index (Phi) is 6.45. The summed E-state index contributed by atoms with van der Waals surface area (Å²) in [4.78, 5) is 4.65. The highest BCUT2D eigenvalue weighted by Crippen LogP contribution is 2.21. The number of pyridine rings is 1. The lowest BCUT2D eigenvalue weighted by atomic mass is 10.0. The normalized spacial score (nSPS) is 11.6. The Balaban J connectivity index is 1.72. The number of rotatable bonds is 6. The van der Waals surface area contributed by atoms with Crippen molar-refractivity contribution in [3.8, 4) is 0 Å². The van der Waals surface area contributed by atoms with Crippen molar-refractivity contribution in [1.29, 1.82) is 0 Å². The molecule has 3 aromatic carbocycles. The second-order valence-corrected chi connectivity index (χ2v) is 6.93. The smallest absolute Gasteiger partial charge is 0.0708 e. The van der Waals surface area contributed by atoms with Crippen molar-refractivity contribution in [3.05, 3.63) is 137 Å². The summed E-state index contributed by atoms with van der Waals surface area (Å²) in [6.07, 6.45) is 14.6. The van der Waals surface area contributed by atoms with Crippen molar-refractivity contribution in [2.24, 2.45) is 0 Å². The molecule has 0 radical (unpaired) electrons. The largest absolute Gasteiger partial charge is 0.256 e. The molecule has 0 spiro atoms. The Hall–Kier alpha value is -3.97. The van der Waals surface area contributed by atoms with Crippen LogP contribution in [0, 0.1) is 0 Å². The molecule has 0 fully saturated rings. The van der Waals surface area contributed by atoms with Crippen molar-refractivity contribution in [1.82, 2.24) is 4.98 Å². The highest BCUT2D eigenvalue weighted by atomic mass is 14.7. The summed E-state index contributed by atoms with van der Waals surface area (Å²) in [7, 11) is 0. The van der Waals surface area contributed by atoms with Crippen molar-refractivity contribution < 1.29 is 0 Å². The van der Waals surface area contributed by atoms with E-state index in [-0.39, 0.29) is 0 Å². The maximum Gasteiger partial charge on any atom is 0.0708 e. The first-order valence-corrected chi connectivity index (χ1v) is 10.1. The van der Waals surface area contributed by atoms with Crippen LogP contribution in [0.15, 0.2) is 103 Å². The van der Waals surface area contributed by atoms with Crippen LogP contribution in [0.4, 0.5) is 0 Å². The molecule has 4 rings (SSSR count). The van der Waals surface area contributed by atoms with Gasteiger partial charge in [-0.05, 0) is 34.4 Å². The number of benzene rings is 3. The molecule has 1 aromatic heterocycles. The number of nitrogens with zero attached hydrogens (tertiary/aromatic N) is 1. The average Bonchev–Trinajstić information content (AvgIpc) is 2.82. The van der Waals surface area contributed by atoms with Gasteiger partial charge in [0.15, 0.2) is 0 Å². The van der Waals surface area contributed by atoms with E-state index in [0.29, 0.717) is 0 Å². The Bertz CT molecular complexity index is 1090. The van der Waals surface area contributed by atoms with E-state index < -0.39 is 0 Å². The van der Waals surface area contributed by atoms with Gasteiger partial charge in [0.05, 0.1) is 5.69 Å². The van der Waals surface area contributed by atoms with Crippen molar-refractivity contribution in [2.75, 3.05) is 0 Å². The molecule has 0 saturated heterocycles. The van der Waals surface area contributed by atoms with Crippen molar-refractivity contribution in [2.45, 2.75) is 0 Å². The van der Waals surface area contributed by atoms with Gasteiger partial charge < -0.3 is 0 Å². The van der Waals surface area contributed by atoms with Crippen LogP contribution >= 0.6 is 0 Å². The van der Waals surface area contributed by atoms with Gasteiger partial charge in [0, 0.05) is 11.8 Å². The number of hydrogen-bond acceptors (Lipinski definition) is 1. The molecule has 1 nitrogen and oxygen atoms in total. The highest BCUT2D eigenvalue weighted by Gasteiger charge is 2.03. The summed E-state index contributed by atoms with van der Waals surface area (Å²) in [6, 6.07) is 33.0. The van der Waals surface area contributed by atoms with Crippen LogP contribution in [0.2, 0.25) is 0 Å². The zero-order valence-electron chi connectivity index (χ0n) is 16.7. The molecule has 0 saturated carbocycles. The number of hydrogen-bond donors (Lipinski definition) is 0.